The van der Waals surface area contributed by atoms with Crippen molar-refractivity contribution in [1.82, 2.24) is 4.98 Å². The Kier molecular flexibility index (Phi) is 4.68. The molecule has 0 saturated carbocycles. The van der Waals surface area contributed by atoms with Crippen molar-refractivity contribution in [3.63, 3.8) is 0 Å². The van der Waals surface area contributed by atoms with E-state index in [4.69, 9.17) is 4.74 Å². The lowest BCUT2D eigenvalue weighted by atomic mass is 10.1. The summed E-state index contributed by atoms with van der Waals surface area (Å²) in [5.74, 6) is 0.321. The van der Waals surface area contributed by atoms with Crippen LogP contribution in [0.2, 0.25) is 0 Å². The number of benzene rings is 3. The lowest BCUT2D eigenvalue weighted by Gasteiger charge is -2.11. The molecular formula is C22H18FN3O2. The normalized spacial score (nSPS) is 10.6. The highest BCUT2D eigenvalue weighted by Gasteiger charge is 2.08. The summed E-state index contributed by atoms with van der Waals surface area (Å²) in [6.45, 7) is 0. The number of fused-ring (bicyclic) bond motifs is 1. The third-order valence-corrected chi connectivity index (χ3v) is 4.39. The average Bonchev–Trinajstić information content (AvgIpc) is 3.12. The van der Waals surface area contributed by atoms with E-state index in [0.29, 0.717) is 17.1 Å². The Morgan fingerprint density at radius 3 is 2.54 bits per heavy atom. The largest absolute Gasteiger partial charge is 0.495 e. The number of H-pyrrole nitrogens is 1. The summed E-state index contributed by atoms with van der Waals surface area (Å²) < 4.78 is 18.6. The summed E-state index contributed by atoms with van der Waals surface area (Å²) in [6.07, 6.45) is 0. The fourth-order valence-corrected chi connectivity index (χ4v) is 3.02. The Morgan fingerprint density at radius 2 is 1.75 bits per heavy atom. The molecule has 4 aromatic rings. The third-order valence-electron chi connectivity index (χ3n) is 4.39. The molecule has 0 atom stereocenters. The number of aromatic nitrogens is 1. The van der Waals surface area contributed by atoms with E-state index in [-0.39, 0.29) is 11.8 Å². The number of ether oxygens (including phenoxy) is 1. The lowest BCUT2D eigenvalue weighted by Crippen LogP contribution is -2.19. The average molecular weight is 375 g/mol. The SMILES string of the molecule is COc1ccccc1NC(=O)Nc1ccc(-c2cc3cc(F)ccc3[nH]2)cc1. The summed E-state index contributed by atoms with van der Waals surface area (Å²) in [4.78, 5) is 15.5. The van der Waals surface area contributed by atoms with E-state index in [9.17, 15) is 9.18 Å². The zero-order chi connectivity index (χ0) is 19.5. The van der Waals surface area contributed by atoms with Gasteiger partial charge in [0.25, 0.3) is 0 Å². The number of hydrogen-bond donors (Lipinski definition) is 3. The van der Waals surface area contributed by atoms with E-state index in [1.54, 1.807) is 25.3 Å². The number of para-hydroxylation sites is 2. The number of nitrogens with one attached hydrogen (secondary N) is 3. The van der Waals surface area contributed by atoms with E-state index in [1.165, 1.54) is 12.1 Å². The predicted octanol–water partition coefficient (Wildman–Crippen LogP) is 5.63. The van der Waals surface area contributed by atoms with Gasteiger partial charge in [0.05, 0.1) is 12.8 Å². The zero-order valence-electron chi connectivity index (χ0n) is 15.1. The van der Waals surface area contributed by atoms with Gasteiger partial charge < -0.3 is 20.4 Å². The Bertz CT molecular complexity index is 1140. The number of carbonyl (C=O) groups is 1. The fourth-order valence-electron chi connectivity index (χ4n) is 3.02. The molecule has 1 aromatic heterocycles. The van der Waals surface area contributed by atoms with Crippen molar-refractivity contribution in [3.05, 3.63) is 78.6 Å². The number of urea groups is 1. The zero-order valence-corrected chi connectivity index (χ0v) is 15.1. The number of rotatable bonds is 4. The highest BCUT2D eigenvalue weighted by Crippen LogP contribution is 2.26. The molecule has 4 rings (SSSR count). The van der Waals surface area contributed by atoms with Gasteiger partial charge in [-0.15, -0.1) is 0 Å². The van der Waals surface area contributed by atoms with Crippen molar-refractivity contribution in [2.24, 2.45) is 0 Å². The minimum absolute atomic E-state index is 0.265. The first kappa shape index (κ1) is 17.6. The van der Waals surface area contributed by atoms with Crippen LogP contribution in [0.4, 0.5) is 20.6 Å². The van der Waals surface area contributed by atoms with Gasteiger partial charge in [0.1, 0.15) is 11.6 Å². The van der Waals surface area contributed by atoms with Crippen molar-refractivity contribution >= 4 is 28.3 Å². The molecule has 0 aliphatic heterocycles. The second kappa shape index (κ2) is 7.44. The Balaban J connectivity index is 1.47. The standard InChI is InChI=1S/C22H18FN3O2/c1-28-21-5-3-2-4-19(21)26-22(27)24-17-9-6-14(7-10-17)20-13-15-12-16(23)8-11-18(15)25-20/h2-13,25H,1H3,(H2,24,26,27). The van der Waals surface area contributed by atoms with E-state index in [0.717, 1.165) is 22.2 Å². The molecular weight excluding hydrogens is 357 g/mol. The number of halogens is 1. The minimum atomic E-state index is -0.363. The van der Waals surface area contributed by atoms with Crippen LogP contribution in [0.25, 0.3) is 22.2 Å². The Labute approximate surface area is 161 Å². The van der Waals surface area contributed by atoms with Crippen LogP contribution < -0.4 is 15.4 Å². The van der Waals surface area contributed by atoms with E-state index in [2.05, 4.69) is 15.6 Å². The van der Waals surface area contributed by atoms with Crippen LogP contribution in [-0.4, -0.2) is 18.1 Å². The molecule has 6 heteroatoms. The highest BCUT2D eigenvalue weighted by molar-refractivity contribution is 6.00. The lowest BCUT2D eigenvalue weighted by molar-refractivity contribution is 0.262. The molecule has 5 nitrogen and oxygen atoms in total. The molecule has 0 bridgehead atoms. The van der Waals surface area contributed by atoms with Crippen LogP contribution in [0, 0.1) is 5.82 Å². The second-order valence-electron chi connectivity index (χ2n) is 6.27. The summed E-state index contributed by atoms with van der Waals surface area (Å²) in [7, 11) is 1.55. The molecule has 2 amide bonds. The smallest absolute Gasteiger partial charge is 0.323 e. The van der Waals surface area contributed by atoms with Crippen LogP contribution in [-0.2, 0) is 0 Å². The fraction of sp³-hybridized carbons (Fsp3) is 0.0455. The highest BCUT2D eigenvalue weighted by atomic mass is 19.1. The van der Waals surface area contributed by atoms with Gasteiger partial charge in [-0.25, -0.2) is 9.18 Å². The molecule has 3 aromatic carbocycles. The third kappa shape index (κ3) is 3.66. The first-order valence-electron chi connectivity index (χ1n) is 8.72. The Hall–Kier alpha value is -3.80. The van der Waals surface area contributed by atoms with E-state index < -0.39 is 0 Å². The maximum Gasteiger partial charge on any atom is 0.323 e. The van der Waals surface area contributed by atoms with Gasteiger partial charge in [0.2, 0.25) is 0 Å². The van der Waals surface area contributed by atoms with Crippen LogP contribution in [0.3, 0.4) is 0 Å². The van der Waals surface area contributed by atoms with Crippen molar-refractivity contribution in [2.75, 3.05) is 17.7 Å². The van der Waals surface area contributed by atoms with Crippen molar-refractivity contribution < 1.29 is 13.9 Å². The first-order valence-corrected chi connectivity index (χ1v) is 8.72. The number of hydrogen-bond acceptors (Lipinski definition) is 2. The summed E-state index contributed by atoms with van der Waals surface area (Å²) >= 11 is 0. The van der Waals surface area contributed by atoms with Gasteiger partial charge >= 0.3 is 6.03 Å². The minimum Gasteiger partial charge on any atom is -0.495 e. The Morgan fingerprint density at radius 1 is 0.964 bits per heavy atom. The summed E-state index contributed by atoms with van der Waals surface area (Å²) in [6, 6.07) is 20.8. The summed E-state index contributed by atoms with van der Waals surface area (Å²) in [5.41, 5.74) is 3.93. The van der Waals surface area contributed by atoms with Gasteiger partial charge in [0, 0.05) is 22.3 Å². The van der Waals surface area contributed by atoms with Crippen molar-refractivity contribution in [3.8, 4) is 17.0 Å². The topological polar surface area (TPSA) is 66.2 Å². The molecule has 0 spiro atoms. The molecule has 0 aliphatic carbocycles. The number of anilines is 2. The molecule has 1 heterocycles. The molecule has 0 radical (unpaired) electrons. The molecule has 0 fully saturated rings. The first-order chi connectivity index (χ1) is 13.6. The maximum absolute atomic E-state index is 13.4. The predicted molar refractivity (Wildman–Crippen MR) is 109 cm³/mol. The molecule has 0 unspecified atom stereocenters. The molecule has 0 aliphatic rings. The monoisotopic (exact) mass is 375 g/mol. The quantitative estimate of drug-likeness (QED) is 0.433. The molecule has 0 saturated heterocycles. The number of aromatic amines is 1. The van der Waals surface area contributed by atoms with Gasteiger partial charge in [-0.3, -0.25) is 0 Å². The van der Waals surface area contributed by atoms with Gasteiger partial charge in [0.15, 0.2) is 0 Å². The van der Waals surface area contributed by atoms with E-state index >= 15 is 0 Å². The number of carbonyl (C=O) groups excluding carboxylic acids is 1. The van der Waals surface area contributed by atoms with Gasteiger partial charge in [-0.05, 0) is 54.1 Å². The maximum atomic E-state index is 13.4. The molecule has 140 valence electrons. The van der Waals surface area contributed by atoms with Crippen LogP contribution >= 0.6 is 0 Å². The molecule has 3 N–H and O–H groups in total. The van der Waals surface area contributed by atoms with Gasteiger partial charge in [-0.2, -0.15) is 0 Å². The van der Waals surface area contributed by atoms with Crippen LogP contribution in [0.5, 0.6) is 5.75 Å². The number of amides is 2. The van der Waals surface area contributed by atoms with E-state index in [1.807, 2.05) is 42.5 Å². The van der Waals surface area contributed by atoms with Crippen molar-refractivity contribution in [1.29, 1.82) is 0 Å². The molecule has 28 heavy (non-hydrogen) atoms. The number of methoxy groups -OCH3 is 1. The van der Waals surface area contributed by atoms with Crippen LogP contribution in [0.1, 0.15) is 0 Å². The van der Waals surface area contributed by atoms with Crippen LogP contribution in [0.15, 0.2) is 72.8 Å². The summed E-state index contributed by atoms with van der Waals surface area (Å²) in [5, 5.41) is 6.36. The van der Waals surface area contributed by atoms with Gasteiger partial charge in [-0.1, -0.05) is 24.3 Å². The van der Waals surface area contributed by atoms with Crippen molar-refractivity contribution in [2.45, 2.75) is 0 Å². The second-order valence-corrected chi connectivity index (χ2v) is 6.27.